The van der Waals surface area contributed by atoms with E-state index >= 15 is 0 Å². The van der Waals surface area contributed by atoms with Crippen LogP contribution in [-0.4, -0.2) is 34.0 Å². The van der Waals surface area contributed by atoms with Crippen LogP contribution in [0.1, 0.15) is 34.9 Å². The lowest BCUT2D eigenvalue weighted by molar-refractivity contribution is 0.0401. The fraction of sp³-hybridized carbons (Fsp3) is 0.273. The molecular weight excluding hydrogens is 359 g/mol. The Labute approximate surface area is 161 Å². The van der Waals surface area contributed by atoms with E-state index in [0.29, 0.717) is 18.5 Å². The summed E-state index contributed by atoms with van der Waals surface area (Å²) in [5.41, 5.74) is 0.786. The third-order valence-corrected chi connectivity index (χ3v) is 5.36. The Morgan fingerprint density at radius 3 is 2.75 bits per heavy atom. The van der Waals surface area contributed by atoms with Gasteiger partial charge in [-0.15, -0.1) is 0 Å². The van der Waals surface area contributed by atoms with Crippen LogP contribution in [0.15, 0.2) is 59.4 Å². The second-order valence-corrected chi connectivity index (χ2v) is 7.25. The maximum atomic E-state index is 14.4. The maximum absolute atomic E-state index is 14.4. The van der Waals surface area contributed by atoms with Gasteiger partial charge in [0, 0.05) is 36.0 Å². The molecule has 0 aliphatic carbocycles. The number of piperidine rings is 1. The lowest BCUT2D eigenvalue weighted by Gasteiger charge is -2.35. The van der Waals surface area contributed by atoms with Crippen molar-refractivity contribution in [2.45, 2.75) is 18.9 Å². The molecule has 2 N–H and O–H groups in total. The van der Waals surface area contributed by atoms with Crippen LogP contribution in [0.2, 0.25) is 0 Å². The standard InChI is InChI=1S/C22H21FN2O3/c23-18-12-17(11-15-8-9-19(26)24-20(15)18)22(28)25-10-4-7-16(13-25)21(27)14-5-2-1-3-6-14/h1-3,5-6,8-9,11-12,16,21,27H,4,7,10,13H2,(H,24,26). The molecule has 6 heteroatoms. The number of fused-ring (bicyclic) bond motifs is 1. The van der Waals surface area contributed by atoms with Gasteiger partial charge >= 0.3 is 0 Å². The van der Waals surface area contributed by atoms with Crippen molar-refractivity contribution in [1.29, 1.82) is 0 Å². The van der Waals surface area contributed by atoms with E-state index in [9.17, 15) is 19.1 Å². The van der Waals surface area contributed by atoms with Crippen LogP contribution in [0.25, 0.3) is 10.9 Å². The van der Waals surface area contributed by atoms with Gasteiger partial charge in [-0.2, -0.15) is 0 Å². The summed E-state index contributed by atoms with van der Waals surface area (Å²) in [4.78, 5) is 28.5. The molecule has 3 aromatic rings. The molecule has 1 aliphatic rings. The van der Waals surface area contributed by atoms with Gasteiger partial charge in [-0.1, -0.05) is 30.3 Å². The number of hydrogen-bond donors (Lipinski definition) is 2. The summed E-state index contributed by atoms with van der Waals surface area (Å²) >= 11 is 0. The van der Waals surface area contributed by atoms with Crippen LogP contribution in [0.4, 0.5) is 4.39 Å². The normalized spacial score (nSPS) is 18.2. The predicted molar refractivity (Wildman–Crippen MR) is 105 cm³/mol. The lowest BCUT2D eigenvalue weighted by Crippen LogP contribution is -2.41. The van der Waals surface area contributed by atoms with Gasteiger partial charge in [-0.3, -0.25) is 9.59 Å². The Morgan fingerprint density at radius 1 is 1.18 bits per heavy atom. The molecule has 4 rings (SSSR count). The number of aromatic amines is 1. The molecule has 0 radical (unpaired) electrons. The van der Waals surface area contributed by atoms with Crippen molar-refractivity contribution in [3.05, 3.63) is 81.9 Å². The summed E-state index contributed by atoms with van der Waals surface area (Å²) in [5.74, 6) is -0.963. The summed E-state index contributed by atoms with van der Waals surface area (Å²) in [7, 11) is 0. The van der Waals surface area contributed by atoms with Crippen molar-refractivity contribution in [3.8, 4) is 0 Å². The third kappa shape index (κ3) is 3.55. The number of halogens is 1. The molecule has 0 bridgehead atoms. The number of hydrogen-bond acceptors (Lipinski definition) is 3. The fourth-order valence-electron chi connectivity index (χ4n) is 3.90. The number of aliphatic hydroxyl groups excluding tert-OH is 1. The lowest BCUT2D eigenvalue weighted by atomic mass is 9.88. The zero-order valence-corrected chi connectivity index (χ0v) is 15.3. The summed E-state index contributed by atoms with van der Waals surface area (Å²) in [6.45, 7) is 0.988. The Bertz CT molecular complexity index is 1060. The summed E-state index contributed by atoms with van der Waals surface area (Å²) in [6, 6.07) is 15.0. The number of pyridine rings is 1. The average Bonchev–Trinajstić information content (AvgIpc) is 2.73. The van der Waals surface area contributed by atoms with Gasteiger partial charge in [0.25, 0.3) is 5.91 Å². The molecular formula is C22H21FN2O3. The van der Waals surface area contributed by atoms with E-state index in [0.717, 1.165) is 24.5 Å². The first-order valence-electron chi connectivity index (χ1n) is 9.38. The SMILES string of the molecule is O=C(c1cc(F)c2[nH]c(=O)ccc2c1)N1CCCC(C(O)c2ccccc2)C1. The highest BCUT2D eigenvalue weighted by molar-refractivity contribution is 5.98. The zero-order valence-electron chi connectivity index (χ0n) is 15.3. The van der Waals surface area contributed by atoms with Crippen LogP contribution >= 0.6 is 0 Å². The van der Waals surface area contributed by atoms with Gasteiger partial charge in [0.05, 0.1) is 11.6 Å². The predicted octanol–water partition coefficient (Wildman–Crippen LogP) is 3.25. The largest absolute Gasteiger partial charge is 0.388 e. The number of benzene rings is 2. The molecule has 0 saturated carbocycles. The monoisotopic (exact) mass is 380 g/mol. The van der Waals surface area contributed by atoms with Crippen LogP contribution in [0.5, 0.6) is 0 Å². The van der Waals surface area contributed by atoms with E-state index in [4.69, 9.17) is 0 Å². The Morgan fingerprint density at radius 2 is 1.96 bits per heavy atom. The Hall–Kier alpha value is -2.99. The minimum absolute atomic E-state index is 0.0678. The molecule has 2 atom stereocenters. The highest BCUT2D eigenvalue weighted by Crippen LogP contribution is 2.30. The van der Waals surface area contributed by atoms with Crippen molar-refractivity contribution in [1.82, 2.24) is 9.88 Å². The molecule has 2 unspecified atom stereocenters. The van der Waals surface area contributed by atoms with E-state index in [1.807, 2.05) is 30.3 Å². The molecule has 2 heterocycles. The number of likely N-dealkylation sites (tertiary alicyclic amines) is 1. The first kappa shape index (κ1) is 18.4. The van der Waals surface area contributed by atoms with Crippen LogP contribution in [-0.2, 0) is 0 Å². The molecule has 1 aliphatic heterocycles. The molecule has 28 heavy (non-hydrogen) atoms. The number of H-pyrrole nitrogens is 1. The number of aromatic nitrogens is 1. The number of nitrogens with one attached hydrogen (secondary N) is 1. The Balaban J connectivity index is 1.57. The maximum Gasteiger partial charge on any atom is 0.253 e. The molecule has 144 valence electrons. The molecule has 0 spiro atoms. The molecule has 5 nitrogen and oxygen atoms in total. The van der Waals surface area contributed by atoms with Crippen molar-refractivity contribution in [3.63, 3.8) is 0 Å². The number of carbonyl (C=O) groups excluding carboxylic acids is 1. The first-order valence-corrected chi connectivity index (χ1v) is 9.38. The molecule has 1 amide bonds. The summed E-state index contributed by atoms with van der Waals surface area (Å²) in [6.07, 6.45) is 0.965. The molecule has 1 aromatic heterocycles. The van der Waals surface area contributed by atoms with Gasteiger partial charge in [0.15, 0.2) is 0 Å². The topological polar surface area (TPSA) is 73.4 Å². The van der Waals surface area contributed by atoms with Crippen molar-refractivity contribution < 1.29 is 14.3 Å². The van der Waals surface area contributed by atoms with Crippen molar-refractivity contribution in [2.24, 2.45) is 5.92 Å². The highest BCUT2D eigenvalue weighted by Gasteiger charge is 2.30. The van der Waals surface area contributed by atoms with Gasteiger partial charge in [0.1, 0.15) is 5.82 Å². The molecule has 2 aromatic carbocycles. The van der Waals surface area contributed by atoms with Gasteiger partial charge in [-0.25, -0.2) is 4.39 Å². The van der Waals surface area contributed by atoms with E-state index < -0.39 is 11.9 Å². The third-order valence-electron chi connectivity index (χ3n) is 5.36. The number of amides is 1. The minimum Gasteiger partial charge on any atom is -0.388 e. The van der Waals surface area contributed by atoms with Crippen LogP contribution < -0.4 is 5.56 Å². The zero-order chi connectivity index (χ0) is 19.7. The first-order chi connectivity index (χ1) is 13.5. The van der Waals surface area contributed by atoms with Gasteiger partial charge in [0.2, 0.25) is 5.56 Å². The minimum atomic E-state index is -0.643. The van der Waals surface area contributed by atoms with E-state index in [1.54, 1.807) is 11.0 Å². The van der Waals surface area contributed by atoms with E-state index in [2.05, 4.69) is 4.98 Å². The second kappa shape index (κ2) is 7.56. The Kier molecular flexibility index (Phi) is 4.96. The number of nitrogens with zero attached hydrogens (tertiary/aromatic N) is 1. The van der Waals surface area contributed by atoms with Crippen LogP contribution in [0.3, 0.4) is 0 Å². The van der Waals surface area contributed by atoms with Gasteiger partial charge in [-0.05, 0) is 36.6 Å². The highest BCUT2D eigenvalue weighted by atomic mass is 19.1. The van der Waals surface area contributed by atoms with E-state index in [-0.39, 0.29) is 28.5 Å². The molecule has 1 saturated heterocycles. The second-order valence-electron chi connectivity index (χ2n) is 7.25. The van der Waals surface area contributed by atoms with Gasteiger partial charge < -0.3 is 15.0 Å². The van der Waals surface area contributed by atoms with E-state index in [1.165, 1.54) is 12.1 Å². The number of rotatable bonds is 3. The summed E-state index contributed by atoms with van der Waals surface area (Å²) in [5, 5.41) is 11.2. The average molecular weight is 380 g/mol. The smallest absolute Gasteiger partial charge is 0.253 e. The number of carbonyl (C=O) groups is 1. The summed E-state index contributed by atoms with van der Waals surface area (Å²) < 4.78 is 14.4. The number of aliphatic hydroxyl groups is 1. The van der Waals surface area contributed by atoms with Crippen LogP contribution in [0, 0.1) is 11.7 Å². The van der Waals surface area contributed by atoms with Crippen molar-refractivity contribution >= 4 is 16.8 Å². The fourth-order valence-corrected chi connectivity index (χ4v) is 3.90. The van der Waals surface area contributed by atoms with Crippen molar-refractivity contribution in [2.75, 3.05) is 13.1 Å². The molecule has 1 fully saturated rings. The quantitative estimate of drug-likeness (QED) is 0.733.